The predicted octanol–water partition coefficient (Wildman–Crippen LogP) is 2.41. The Morgan fingerprint density at radius 1 is 1.50 bits per heavy atom. The molecule has 2 N–H and O–H groups in total. The van der Waals surface area contributed by atoms with E-state index in [-0.39, 0.29) is 17.2 Å². The zero-order valence-corrected chi connectivity index (χ0v) is 11.7. The van der Waals surface area contributed by atoms with E-state index in [0.29, 0.717) is 30.6 Å². The molecule has 0 spiro atoms. The summed E-state index contributed by atoms with van der Waals surface area (Å²) in [6.45, 7) is 5.13. The van der Waals surface area contributed by atoms with Crippen LogP contribution in [0, 0.1) is 22.0 Å². The monoisotopic (exact) mass is 277 g/mol. The minimum Gasteiger partial charge on any atom is -0.380 e. The molecular weight excluding hydrogens is 258 g/mol. The van der Waals surface area contributed by atoms with E-state index in [1.807, 2.05) is 6.92 Å². The van der Waals surface area contributed by atoms with Crippen molar-refractivity contribution in [3.8, 4) is 0 Å². The molecule has 6 heteroatoms. The molecule has 108 valence electrons. The van der Waals surface area contributed by atoms with Gasteiger partial charge in [0.2, 0.25) is 0 Å². The summed E-state index contributed by atoms with van der Waals surface area (Å²) in [6.07, 6.45) is 1.11. The third-order valence-electron chi connectivity index (χ3n) is 3.63. The molecule has 20 heavy (non-hydrogen) atoms. The highest BCUT2D eigenvalue weighted by molar-refractivity contribution is 6.00. The van der Waals surface area contributed by atoms with Crippen molar-refractivity contribution >= 4 is 17.3 Å². The fourth-order valence-electron chi connectivity index (χ4n) is 2.26. The molecule has 2 unspecified atom stereocenters. The molecule has 0 heterocycles. The molecule has 1 fully saturated rings. The lowest BCUT2D eigenvalue weighted by molar-refractivity contribution is -0.384. The minimum absolute atomic E-state index is 0.113. The Morgan fingerprint density at radius 2 is 2.20 bits per heavy atom. The Morgan fingerprint density at radius 3 is 2.75 bits per heavy atom. The molecule has 1 saturated carbocycles. The molecule has 2 rings (SSSR count). The number of hydrogen-bond acceptors (Lipinski definition) is 4. The van der Waals surface area contributed by atoms with Gasteiger partial charge in [-0.3, -0.25) is 14.9 Å². The number of nitrogens with zero attached hydrogens (tertiary/aromatic N) is 1. The van der Waals surface area contributed by atoms with E-state index in [1.165, 1.54) is 6.07 Å². The number of carbonyl (C=O) groups is 1. The van der Waals surface area contributed by atoms with Gasteiger partial charge >= 0.3 is 5.69 Å². The van der Waals surface area contributed by atoms with Gasteiger partial charge in [-0.25, -0.2) is 0 Å². The zero-order chi connectivity index (χ0) is 14.7. The Bertz CT molecular complexity index is 530. The van der Waals surface area contributed by atoms with E-state index >= 15 is 0 Å². The zero-order valence-electron chi connectivity index (χ0n) is 11.7. The second-order valence-electron chi connectivity index (χ2n) is 5.17. The van der Waals surface area contributed by atoms with Gasteiger partial charge in [0.1, 0.15) is 11.3 Å². The van der Waals surface area contributed by atoms with Crippen molar-refractivity contribution in [2.24, 2.45) is 11.8 Å². The van der Waals surface area contributed by atoms with Gasteiger partial charge in [0.05, 0.1) is 4.92 Å². The third-order valence-corrected chi connectivity index (χ3v) is 3.63. The van der Waals surface area contributed by atoms with Crippen molar-refractivity contribution in [3.05, 3.63) is 33.9 Å². The first kappa shape index (κ1) is 14.3. The minimum atomic E-state index is -0.507. The molecule has 0 aromatic heterocycles. The van der Waals surface area contributed by atoms with Crippen LogP contribution in [0.15, 0.2) is 18.2 Å². The third kappa shape index (κ3) is 3.07. The number of amides is 1. The van der Waals surface area contributed by atoms with Gasteiger partial charge in [-0.2, -0.15) is 0 Å². The second kappa shape index (κ2) is 5.90. The molecule has 2 atom stereocenters. The van der Waals surface area contributed by atoms with Crippen molar-refractivity contribution in [1.29, 1.82) is 0 Å². The van der Waals surface area contributed by atoms with Crippen LogP contribution >= 0.6 is 0 Å². The maximum atomic E-state index is 12.1. The molecule has 0 radical (unpaired) electrons. The van der Waals surface area contributed by atoms with Crippen LogP contribution in [0.2, 0.25) is 0 Å². The summed E-state index contributed by atoms with van der Waals surface area (Å²) in [5.41, 5.74) is 0.336. The highest BCUT2D eigenvalue weighted by Gasteiger charge is 2.33. The van der Waals surface area contributed by atoms with Gasteiger partial charge in [0, 0.05) is 13.1 Å². The number of benzene rings is 1. The van der Waals surface area contributed by atoms with E-state index < -0.39 is 4.92 Å². The first-order valence-electron chi connectivity index (χ1n) is 6.84. The topological polar surface area (TPSA) is 84.3 Å². The molecular formula is C14H19N3O3. The number of carbonyl (C=O) groups excluding carboxylic acids is 1. The molecule has 1 aromatic carbocycles. The van der Waals surface area contributed by atoms with Gasteiger partial charge in [0.25, 0.3) is 5.91 Å². The Hall–Kier alpha value is -2.11. The van der Waals surface area contributed by atoms with E-state index in [4.69, 9.17) is 0 Å². The molecule has 6 nitrogen and oxygen atoms in total. The maximum Gasteiger partial charge on any atom is 0.305 e. The molecule has 0 bridgehead atoms. The summed E-state index contributed by atoms with van der Waals surface area (Å²) in [5.74, 6) is 0.767. The lowest BCUT2D eigenvalue weighted by Crippen LogP contribution is -2.26. The lowest BCUT2D eigenvalue weighted by atomic mass is 10.1. The summed E-state index contributed by atoms with van der Waals surface area (Å²) in [6, 6.07) is 4.76. The fourth-order valence-corrected chi connectivity index (χ4v) is 2.26. The normalized spacial score (nSPS) is 20.3. The van der Waals surface area contributed by atoms with E-state index in [1.54, 1.807) is 12.1 Å². The quantitative estimate of drug-likeness (QED) is 0.617. The molecule has 1 aliphatic carbocycles. The van der Waals surface area contributed by atoms with Crippen LogP contribution in [0.5, 0.6) is 0 Å². The Balaban J connectivity index is 2.18. The molecule has 1 aromatic rings. The standard InChI is InChI=1S/C14H19N3O3/c1-3-15-12-6-4-5-11(13(12)17(19)20)14(18)16-8-10-7-9(10)2/h4-6,9-10,15H,3,7-8H2,1-2H3,(H,16,18). The largest absolute Gasteiger partial charge is 0.380 e. The van der Waals surface area contributed by atoms with E-state index in [9.17, 15) is 14.9 Å². The van der Waals surface area contributed by atoms with Crippen LogP contribution in [0.25, 0.3) is 0 Å². The summed E-state index contributed by atoms with van der Waals surface area (Å²) >= 11 is 0. The second-order valence-corrected chi connectivity index (χ2v) is 5.17. The van der Waals surface area contributed by atoms with Crippen molar-refractivity contribution in [1.82, 2.24) is 5.32 Å². The van der Waals surface area contributed by atoms with Crippen LogP contribution in [0.4, 0.5) is 11.4 Å². The Kier molecular flexibility index (Phi) is 4.22. The van der Waals surface area contributed by atoms with Crippen molar-refractivity contribution in [2.45, 2.75) is 20.3 Å². The van der Waals surface area contributed by atoms with Crippen LogP contribution < -0.4 is 10.6 Å². The van der Waals surface area contributed by atoms with Gasteiger partial charge in [-0.1, -0.05) is 13.0 Å². The molecule has 1 aliphatic rings. The smallest absolute Gasteiger partial charge is 0.305 e. The number of hydrogen-bond donors (Lipinski definition) is 2. The average Bonchev–Trinajstić information content (AvgIpc) is 3.12. The SMILES string of the molecule is CCNc1cccc(C(=O)NCC2CC2C)c1[N+](=O)[O-]. The van der Waals surface area contributed by atoms with Crippen LogP contribution in [0.3, 0.4) is 0 Å². The number of para-hydroxylation sites is 1. The number of nitro benzene ring substituents is 1. The summed E-state index contributed by atoms with van der Waals surface area (Å²) < 4.78 is 0. The van der Waals surface area contributed by atoms with E-state index in [0.717, 1.165) is 6.42 Å². The van der Waals surface area contributed by atoms with Gasteiger partial charge in [-0.05, 0) is 37.3 Å². The molecule has 0 aliphatic heterocycles. The first-order chi connectivity index (χ1) is 9.54. The summed E-state index contributed by atoms with van der Waals surface area (Å²) in [4.78, 5) is 22.8. The first-order valence-corrected chi connectivity index (χ1v) is 6.84. The summed E-state index contributed by atoms with van der Waals surface area (Å²) in [7, 11) is 0. The van der Waals surface area contributed by atoms with Crippen LogP contribution in [0.1, 0.15) is 30.6 Å². The van der Waals surface area contributed by atoms with Crippen molar-refractivity contribution in [2.75, 3.05) is 18.4 Å². The fraction of sp³-hybridized carbons (Fsp3) is 0.500. The molecule has 1 amide bonds. The van der Waals surface area contributed by atoms with Crippen LogP contribution in [-0.2, 0) is 0 Å². The van der Waals surface area contributed by atoms with Crippen molar-refractivity contribution in [3.63, 3.8) is 0 Å². The van der Waals surface area contributed by atoms with Crippen molar-refractivity contribution < 1.29 is 9.72 Å². The Labute approximate surface area is 117 Å². The van der Waals surface area contributed by atoms with E-state index in [2.05, 4.69) is 17.6 Å². The number of rotatable bonds is 6. The van der Waals surface area contributed by atoms with Gasteiger partial charge in [0.15, 0.2) is 0 Å². The lowest BCUT2D eigenvalue weighted by Gasteiger charge is -2.09. The number of nitrogens with one attached hydrogen (secondary N) is 2. The highest BCUT2D eigenvalue weighted by Crippen LogP contribution is 2.37. The molecule has 0 saturated heterocycles. The van der Waals surface area contributed by atoms with Gasteiger partial charge < -0.3 is 10.6 Å². The number of anilines is 1. The predicted molar refractivity (Wildman–Crippen MR) is 76.9 cm³/mol. The maximum absolute atomic E-state index is 12.1. The number of nitro groups is 1. The van der Waals surface area contributed by atoms with Gasteiger partial charge in [-0.15, -0.1) is 0 Å². The average molecular weight is 277 g/mol. The highest BCUT2D eigenvalue weighted by atomic mass is 16.6. The van der Waals surface area contributed by atoms with Crippen LogP contribution in [-0.4, -0.2) is 23.9 Å². The summed E-state index contributed by atoms with van der Waals surface area (Å²) in [5, 5.41) is 16.9.